The van der Waals surface area contributed by atoms with Gasteiger partial charge in [-0.15, -0.1) is 0 Å². The van der Waals surface area contributed by atoms with Gasteiger partial charge < -0.3 is 0 Å². The van der Waals surface area contributed by atoms with Gasteiger partial charge in [-0.1, -0.05) is 47.8 Å². The normalized spacial score (nSPS) is 10.7. The summed E-state index contributed by atoms with van der Waals surface area (Å²) in [6.07, 6.45) is 1.42. The molecule has 0 saturated carbocycles. The molecule has 0 aliphatic carbocycles. The number of nitrogens with zero attached hydrogens (tertiary/aromatic N) is 2. The zero-order valence-electron chi connectivity index (χ0n) is 9.75. The standard InChI is InChI=1S/C13H11Cl3N2/c1-2-9-7-12(16)18-13(17-9)6-8-3-4-10(14)11(15)5-8/h3-5,7H,2,6H2,1H3. The highest BCUT2D eigenvalue weighted by Crippen LogP contribution is 2.23. The van der Waals surface area contributed by atoms with Crippen molar-refractivity contribution in [2.24, 2.45) is 0 Å². The molecular weight excluding hydrogens is 291 g/mol. The van der Waals surface area contributed by atoms with Crippen molar-refractivity contribution >= 4 is 34.8 Å². The van der Waals surface area contributed by atoms with E-state index in [1.165, 1.54) is 0 Å². The van der Waals surface area contributed by atoms with Crippen LogP contribution in [0.3, 0.4) is 0 Å². The molecule has 0 bridgehead atoms. The van der Waals surface area contributed by atoms with Crippen LogP contribution in [0, 0.1) is 0 Å². The summed E-state index contributed by atoms with van der Waals surface area (Å²) >= 11 is 17.8. The molecule has 0 unspecified atom stereocenters. The fourth-order valence-electron chi connectivity index (χ4n) is 1.61. The van der Waals surface area contributed by atoms with Crippen LogP contribution in [-0.4, -0.2) is 9.97 Å². The van der Waals surface area contributed by atoms with Crippen LogP contribution >= 0.6 is 34.8 Å². The van der Waals surface area contributed by atoms with Crippen LogP contribution in [0.2, 0.25) is 15.2 Å². The Morgan fingerprint density at radius 1 is 1.00 bits per heavy atom. The predicted octanol–water partition coefficient (Wildman–Crippen LogP) is 4.59. The van der Waals surface area contributed by atoms with Crippen LogP contribution in [0.25, 0.3) is 0 Å². The molecule has 2 nitrogen and oxygen atoms in total. The number of aryl methyl sites for hydroxylation is 1. The fourth-order valence-corrected chi connectivity index (χ4v) is 2.15. The number of benzene rings is 1. The smallest absolute Gasteiger partial charge is 0.134 e. The lowest BCUT2D eigenvalue weighted by atomic mass is 10.1. The van der Waals surface area contributed by atoms with E-state index in [1.54, 1.807) is 12.1 Å². The first kappa shape index (κ1) is 13.6. The number of hydrogen-bond donors (Lipinski definition) is 0. The van der Waals surface area contributed by atoms with Gasteiger partial charge in [0.2, 0.25) is 0 Å². The third-order valence-electron chi connectivity index (χ3n) is 2.50. The van der Waals surface area contributed by atoms with Crippen LogP contribution in [0.1, 0.15) is 24.0 Å². The number of aromatic nitrogens is 2. The number of hydrogen-bond acceptors (Lipinski definition) is 2. The van der Waals surface area contributed by atoms with Gasteiger partial charge in [0.15, 0.2) is 0 Å². The molecule has 94 valence electrons. The molecule has 0 spiro atoms. The Bertz CT molecular complexity index is 570. The average molecular weight is 302 g/mol. The molecule has 0 fully saturated rings. The largest absolute Gasteiger partial charge is 0.237 e. The molecule has 0 amide bonds. The summed E-state index contributed by atoms with van der Waals surface area (Å²) in [4.78, 5) is 8.64. The van der Waals surface area contributed by atoms with Gasteiger partial charge in [-0.25, -0.2) is 9.97 Å². The molecule has 0 radical (unpaired) electrons. The molecule has 0 aliphatic heterocycles. The maximum atomic E-state index is 5.97. The maximum absolute atomic E-state index is 5.97. The maximum Gasteiger partial charge on any atom is 0.134 e. The summed E-state index contributed by atoms with van der Waals surface area (Å²) in [7, 11) is 0. The summed E-state index contributed by atoms with van der Waals surface area (Å²) in [5.74, 6) is 0.692. The topological polar surface area (TPSA) is 25.8 Å². The van der Waals surface area contributed by atoms with Gasteiger partial charge in [0.1, 0.15) is 11.0 Å². The quantitative estimate of drug-likeness (QED) is 0.775. The molecule has 0 atom stereocenters. The number of halogens is 3. The molecule has 0 saturated heterocycles. The van der Waals surface area contributed by atoms with E-state index in [4.69, 9.17) is 34.8 Å². The molecule has 2 rings (SSSR count). The molecule has 2 aromatic rings. The van der Waals surface area contributed by atoms with Crippen molar-refractivity contribution in [3.8, 4) is 0 Å². The first-order chi connectivity index (χ1) is 8.58. The van der Waals surface area contributed by atoms with Gasteiger partial charge in [-0.2, -0.15) is 0 Å². The fraction of sp³-hybridized carbons (Fsp3) is 0.231. The Kier molecular flexibility index (Phi) is 4.44. The minimum Gasteiger partial charge on any atom is -0.237 e. The highest BCUT2D eigenvalue weighted by molar-refractivity contribution is 6.42. The Morgan fingerprint density at radius 3 is 2.44 bits per heavy atom. The van der Waals surface area contributed by atoms with E-state index in [0.29, 0.717) is 27.4 Å². The second-order valence-electron chi connectivity index (χ2n) is 3.88. The van der Waals surface area contributed by atoms with E-state index in [9.17, 15) is 0 Å². The molecule has 1 aromatic heterocycles. The average Bonchev–Trinajstić information content (AvgIpc) is 2.33. The van der Waals surface area contributed by atoms with Crippen molar-refractivity contribution in [2.75, 3.05) is 0 Å². The van der Waals surface area contributed by atoms with E-state index in [2.05, 4.69) is 9.97 Å². The third kappa shape index (κ3) is 3.35. The third-order valence-corrected chi connectivity index (χ3v) is 3.44. The summed E-state index contributed by atoms with van der Waals surface area (Å²) in [6, 6.07) is 7.27. The van der Waals surface area contributed by atoms with Gasteiger partial charge in [0.05, 0.1) is 10.0 Å². The Labute approximate surface area is 121 Å². The molecule has 1 heterocycles. The molecule has 18 heavy (non-hydrogen) atoms. The van der Waals surface area contributed by atoms with E-state index in [0.717, 1.165) is 17.7 Å². The predicted molar refractivity (Wildman–Crippen MR) is 75.7 cm³/mol. The lowest BCUT2D eigenvalue weighted by Gasteiger charge is -2.05. The Hall–Kier alpha value is -0.830. The van der Waals surface area contributed by atoms with Crippen molar-refractivity contribution < 1.29 is 0 Å². The molecular formula is C13H11Cl3N2. The second kappa shape index (κ2) is 5.87. The molecule has 0 aliphatic rings. The SMILES string of the molecule is CCc1cc(Cl)nc(Cc2ccc(Cl)c(Cl)c2)n1. The van der Waals surface area contributed by atoms with Crippen molar-refractivity contribution in [1.29, 1.82) is 0 Å². The van der Waals surface area contributed by atoms with Crippen molar-refractivity contribution in [1.82, 2.24) is 9.97 Å². The summed E-state index contributed by atoms with van der Waals surface area (Å²) in [6.45, 7) is 2.03. The van der Waals surface area contributed by atoms with Crippen LogP contribution in [0.15, 0.2) is 24.3 Å². The minimum absolute atomic E-state index is 0.469. The molecule has 0 N–H and O–H groups in total. The van der Waals surface area contributed by atoms with Crippen LogP contribution in [0.4, 0.5) is 0 Å². The van der Waals surface area contributed by atoms with Gasteiger partial charge in [-0.3, -0.25) is 0 Å². The van der Waals surface area contributed by atoms with E-state index in [1.807, 2.05) is 19.1 Å². The lowest BCUT2D eigenvalue weighted by molar-refractivity contribution is 0.906. The monoisotopic (exact) mass is 300 g/mol. The zero-order chi connectivity index (χ0) is 13.1. The van der Waals surface area contributed by atoms with Gasteiger partial charge in [-0.05, 0) is 30.2 Å². The highest BCUT2D eigenvalue weighted by Gasteiger charge is 2.05. The minimum atomic E-state index is 0.469. The van der Waals surface area contributed by atoms with Crippen LogP contribution in [-0.2, 0) is 12.8 Å². The lowest BCUT2D eigenvalue weighted by Crippen LogP contribution is -2.00. The van der Waals surface area contributed by atoms with Crippen molar-refractivity contribution in [3.63, 3.8) is 0 Å². The van der Waals surface area contributed by atoms with Crippen LogP contribution in [0.5, 0.6) is 0 Å². The summed E-state index contributed by atoms with van der Waals surface area (Å²) < 4.78 is 0. The Morgan fingerprint density at radius 2 is 1.78 bits per heavy atom. The summed E-state index contributed by atoms with van der Waals surface area (Å²) in [5.41, 5.74) is 1.94. The van der Waals surface area contributed by atoms with E-state index >= 15 is 0 Å². The number of rotatable bonds is 3. The summed E-state index contributed by atoms with van der Waals surface area (Å²) in [5, 5.41) is 1.55. The Balaban J connectivity index is 2.27. The first-order valence-corrected chi connectivity index (χ1v) is 6.68. The molecule has 5 heteroatoms. The van der Waals surface area contributed by atoms with E-state index in [-0.39, 0.29) is 0 Å². The molecule has 1 aromatic carbocycles. The van der Waals surface area contributed by atoms with Gasteiger partial charge in [0.25, 0.3) is 0 Å². The van der Waals surface area contributed by atoms with Crippen LogP contribution < -0.4 is 0 Å². The van der Waals surface area contributed by atoms with E-state index < -0.39 is 0 Å². The van der Waals surface area contributed by atoms with Crippen molar-refractivity contribution in [2.45, 2.75) is 19.8 Å². The first-order valence-electron chi connectivity index (χ1n) is 5.54. The zero-order valence-corrected chi connectivity index (χ0v) is 12.0. The van der Waals surface area contributed by atoms with Crippen molar-refractivity contribution in [3.05, 3.63) is 56.5 Å². The second-order valence-corrected chi connectivity index (χ2v) is 5.08. The highest BCUT2D eigenvalue weighted by atomic mass is 35.5. The van der Waals surface area contributed by atoms with Gasteiger partial charge >= 0.3 is 0 Å². The van der Waals surface area contributed by atoms with Gasteiger partial charge in [0, 0.05) is 12.1 Å².